The summed E-state index contributed by atoms with van der Waals surface area (Å²) in [5, 5.41) is 274. The Hall–Kier alpha value is -4.78. The molecule has 9 fully saturated rings. The Morgan fingerprint density at radius 1 is 0.220 bits per heavy atom. The number of rotatable bonds is 31. The molecular weight excluding hydrogens is 1610 g/mol. The van der Waals surface area contributed by atoms with E-state index in [0.717, 1.165) is 41.5 Å². The molecule has 0 radical (unpaired) electrons. The smallest absolute Gasteiger partial charge is 0.217 e. The van der Waals surface area contributed by atoms with Crippen molar-refractivity contribution < 1.29 is 227 Å². The Morgan fingerprint density at radius 2 is 0.458 bits per heavy atom. The Bertz CT molecular complexity index is 3230. The van der Waals surface area contributed by atoms with Crippen LogP contribution in [0.5, 0.6) is 0 Å². The van der Waals surface area contributed by atoms with Gasteiger partial charge in [0, 0.05) is 41.5 Å². The van der Waals surface area contributed by atoms with Gasteiger partial charge in [-0.1, -0.05) is 0 Å². The predicted octanol–water partition coefficient (Wildman–Crippen LogP) is -19.8. The van der Waals surface area contributed by atoms with Gasteiger partial charge in [-0.3, -0.25) is 28.8 Å². The van der Waals surface area contributed by atoms with Crippen LogP contribution in [0.25, 0.3) is 0 Å². The molecule has 0 bridgehead atoms. The first-order chi connectivity index (χ1) is 55.7. The first-order valence-electron chi connectivity index (χ1n) is 37.6. The zero-order valence-electron chi connectivity index (χ0n) is 64.0. The van der Waals surface area contributed by atoms with Crippen molar-refractivity contribution in [3.8, 4) is 0 Å². The quantitative estimate of drug-likeness (QED) is 0.0306. The lowest BCUT2D eigenvalue weighted by Gasteiger charge is -2.51. The van der Waals surface area contributed by atoms with Gasteiger partial charge in [0.2, 0.25) is 35.4 Å². The van der Waals surface area contributed by atoms with Crippen LogP contribution < -0.4 is 31.9 Å². The highest BCUT2D eigenvalue weighted by Crippen LogP contribution is 2.39. The average Bonchev–Trinajstić information content (AvgIpc) is 0.766. The summed E-state index contributed by atoms with van der Waals surface area (Å²) >= 11 is 0. The topological polar surface area (TPSA) is 797 Å². The third-order valence-electron chi connectivity index (χ3n) is 21.1. The number of carbonyl (C=O) groups is 6. The molecule has 0 aromatic heterocycles. The standard InChI is InChI=1S/C66H110N6O46/c1-16(79)67-31-48(96)53(26(11-77)105-58(31)101)114-63-36(72-21(6)84)49(97)54(27(12-78)110-63)115-64-52(100)55(116-66-57(118-62-35(71-20(5)83)47(95)40(88)25(10-76)109-62)51(99)42(90)29(113-66)14-103-60-33(69-18(3)81)45(93)38(86)23(8-74)107-60)43(91)30(111-64)15-104-65-56(117-61-34(70-19(4)82)46(94)39(87)24(9-75)108-61)50(98)41(89)28(112-65)13-102-59-32(68-17(2)80)44(92)37(85)22(7-73)106-59/h22-66,73-78,85-101H,7-15H2,1-6H3,(H,67,79)(H,68,80)(H,69,81)(H,70,82)(H,71,83)(H,72,84)/t22-,23-,24-,25-,26-,27-,28-,29-,30-,31-,32-,33-,34-,35-,36-,37-,38-,39-,40-,41-,42-,43-,44-,45-,46-,47-,48-,49-,50+,51+,52+,53-,54-,55+,56+,57+,58-,59-,60-,61+,62+,63+,64+,65+,66-/m1/s1. The Kier molecular flexibility index (Phi) is 35.1. The molecule has 52 heteroatoms. The minimum atomic E-state index is -2.65. The van der Waals surface area contributed by atoms with Crippen LogP contribution in [-0.2, 0) is 109 Å². The molecule has 29 N–H and O–H groups in total. The van der Waals surface area contributed by atoms with Gasteiger partial charge < -0.3 is 230 Å². The molecule has 0 aromatic rings. The summed E-state index contributed by atoms with van der Waals surface area (Å²) < 4.78 is 102. The fraction of sp³-hybridized carbons (Fsp3) is 0.909. The molecule has 0 aliphatic carbocycles. The van der Waals surface area contributed by atoms with Crippen LogP contribution in [0.2, 0.25) is 0 Å². The van der Waals surface area contributed by atoms with Crippen molar-refractivity contribution in [3.63, 3.8) is 0 Å². The van der Waals surface area contributed by atoms with Gasteiger partial charge in [-0.2, -0.15) is 0 Å². The molecule has 0 spiro atoms. The van der Waals surface area contributed by atoms with E-state index in [2.05, 4.69) is 31.9 Å². The summed E-state index contributed by atoms with van der Waals surface area (Å²) in [5.74, 6) is -5.22. The lowest BCUT2D eigenvalue weighted by Crippen LogP contribution is -2.71. The van der Waals surface area contributed by atoms with E-state index in [4.69, 9.17) is 80.5 Å². The number of hydrogen-bond acceptors (Lipinski definition) is 46. The first-order valence-corrected chi connectivity index (χ1v) is 37.6. The van der Waals surface area contributed by atoms with Crippen molar-refractivity contribution in [2.24, 2.45) is 0 Å². The molecule has 0 aromatic carbocycles. The van der Waals surface area contributed by atoms with Crippen LogP contribution in [0.1, 0.15) is 41.5 Å². The van der Waals surface area contributed by atoms with Crippen LogP contribution in [0.15, 0.2) is 0 Å². The SMILES string of the molecule is CC(=O)N[C@@H]1[C@@H](O)[C@H](O[C@@H]2O[C@H](CO)[C@@H](O[C@@H]3O[C@H](CO[C@H]4O[C@H](CO[C@@H]5O[C@H](CO)[C@@H](O)[C@H](O)[C@H]5NC(C)=O)[C@@H](O)[C@H](O)[C@@H]4O[C@@H]4O[C@H](CO)[C@@H](O)[C@H](O)[C@H]4NC(C)=O)[C@@H](O)[C@H](O[C@H]4O[C@H](CO[C@@H]5O[C@H](CO)[C@@H](O)[C@H](O)[C@H]5NC(C)=O)[C@@H](O)[C@H](O)[C@@H]4O[C@@H]4O[C@H](CO)[C@@H](O)[C@H](O)[C@H]4NC(C)=O)[C@@H]3O)[C@H](O)[C@H]2NC(C)=O)[C@@H](CO)O[C@H]1O. The van der Waals surface area contributed by atoms with Gasteiger partial charge in [-0.25, -0.2) is 0 Å². The summed E-state index contributed by atoms with van der Waals surface area (Å²) in [7, 11) is 0. The summed E-state index contributed by atoms with van der Waals surface area (Å²) in [5.41, 5.74) is 0. The molecule has 45 atom stereocenters. The van der Waals surface area contributed by atoms with Gasteiger partial charge in [0.05, 0.1) is 59.5 Å². The van der Waals surface area contributed by atoms with E-state index in [1.165, 1.54) is 0 Å². The van der Waals surface area contributed by atoms with Crippen molar-refractivity contribution >= 4 is 35.4 Å². The summed E-state index contributed by atoms with van der Waals surface area (Å²) in [6.07, 6.45) is -81.9. The van der Waals surface area contributed by atoms with Gasteiger partial charge in [0.15, 0.2) is 56.6 Å². The highest BCUT2D eigenvalue weighted by molar-refractivity contribution is 5.75. The van der Waals surface area contributed by atoms with Crippen LogP contribution in [0.4, 0.5) is 0 Å². The second-order valence-electron chi connectivity index (χ2n) is 29.7. The molecule has 9 saturated heterocycles. The highest BCUT2D eigenvalue weighted by Gasteiger charge is 2.61. The predicted molar refractivity (Wildman–Crippen MR) is 367 cm³/mol. The zero-order chi connectivity index (χ0) is 87.1. The summed E-state index contributed by atoms with van der Waals surface area (Å²) in [4.78, 5) is 75.6. The zero-order valence-corrected chi connectivity index (χ0v) is 64.0. The Labute approximate surface area is 669 Å². The van der Waals surface area contributed by atoms with Crippen molar-refractivity contribution in [1.82, 2.24) is 31.9 Å². The number of nitrogens with one attached hydrogen (secondary N) is 6. The van der Waals surface area contributed by atoms with E-state index >= 15 is 0 Å². The van der Waals surface area contributed by atoms with Crippen molar-refractivity contribution in [1.29, 1.82) is 0 Å². The van der Waals surface area contributed by atoms with Crippen LogP contribution >= 0.6 is 0 Å². The lowest BCUT2D eigenvalue weighted by atomic mass is 9.93. The molecule has 9 aliphatic rings. The molecule has 680 valence electrons. The van der Waals surface area contributed by atoms with Crippen LogP contribution in [0, 0.1) is 0 Å². The van der Waals surface area contributed by atoms with E-state index < -0.39 is 371 Å². The van der Waals surface area contributed by atoms with Gasteiger partial charge in [-0.15, -0.1) is 0 Å². The number of amides is 6. The molecule has 9 aliphatic heterocycles. The maximum Gasteiger partial charge on any atom is 0.217 e. The molecule has 52 nitrogen and oxygen atoms in total. The van der Waals surface area contributed by atoms with Gasteiger partial charge in [0.1, 0.15) is 219 Å². The van der Waals surface area contributed by atoms with Gasteiger partial charge >= 0.3 is 0 Å². The molecule has 0 unspecified atom stereocenters. The number of aliphatic hydroxyl groups is 23. The number of hydrogen-bond donors (Lipinski definition) is 29. The third-order valence-corrected chi connectivity index (χ3v) is 21.1. The highest BCUT2D eigenvalue weighted by atomic mass is 16.8. The Balaban J connectivity index is 1.13. The second-order valence-corrected chi connectivity index (χ2v) is 29.7. The normalized spacial score (nSPS) is 46.9. The average molecular weight is 1720 g/mol. The van der Waals surface area contributed by atoms with E-state index in [0.29, 0.717) is 0 Å². The van der Waals surface area contributed by atoms with Crippen molar-refractivity contribution in [3.05, 3.63) is 0 Å². The monoisotopic (exact) mass is 1720 g/mol. The third kappa shape index (κ3) is 22.3. The maximum absolute atomic E-state index is 13.1. The maximum atomic E-state index is 13.1. The number of aliphatic hydroxyl groups excluding tert-OH is 23. The van der Waals surface area contributed by atoms with E-state index in [1.807, 2.05) is 0 Å². The van der Waals surface area contributed by atoms with Crippen LogP contribution in [0.3, 0.4) is 0 Å². The molecule has 118 heavy (non-hydrogen) atoms. The molecule has 6 amide bonds. The fourth-order valence-corrected chi connectivity index (χ4v) is 15.1. The first kappa shape index (κ1) is 97.0. The largest absolute Gasteiger partial charge is 0.394 e. The molecule has 0 saturated carbocycles. The summed E-state index contributed by atoms with van der Waals surface area (Å²) in [6.45, 7) is -3.76. The minimum Gasteiger partial charge on any atom is -0.394 e. The number of ether oxygens (including phenoxy) is 17. The second kappa shape index (κ2) is 42.7. The minimum absolute atomic E-state index is 0.801. The molecule has 9 heterocycles. The molecular formula is C66H110N6O46. The fourth-order valence-electron chi connectivity index (χ4n) is 15.1. The van der Waals surface area contributed by atoms with Crippen molar-refractivity contribution in [2.75, 3.05) is 59.5 Å². The van der Waals surface area contributed by atoms with Crippen molar-refractivity contribution in [2.45, 2.75) is 318 Å². The Morgan fingerprint density at radius 3 is 0.822 bits per heavy atom. The summed E-state index contributed by atoms with van der Waals surface area (Å²) in [6, 6.07) is -10.7. The number of carbonyl (C=O) groups excluding carboxylic acids is 6. The van der Waals surface area contributed by atoms with Crippen LogP contribution in [-0.4, -0.2) is 488 Å². The van der Waals surface area contributed by atoms with Gasteiger partial charge in [-0.05, 0) is 0 Å². The van der Waals surface area contributed by atoms with Gasteiger partial charge in [0.25, 0.3) is 0 Å². The lowest BCUT2D eigenvalue weighted by molar-refractivity contribution is -0.398. The molecule has 9 rings (SSSR count). The van der Waals surface area contributed by atoms with E-state index in [9.17, 15) is 146 Å². The van der Waals surface area contributed by atoms with E-state index in [1.54, 1.807) is 0 Å². The van der Waals surface area contributed by atoms with E-state index in [-0.39, 0.29) is 0 Å².